The number of aromatic nitrogens is 1. The van der Waals surface area contributed by atoms with Crippen LogP contribution in [0.1, 0.15) is 23.6 Å². The average Bonchev–Trinajstić information content (AvgIpc) is 3.16. The minimum Gasteiger partial charge on any atom is -0.494 e. The summed E-state index contributed by atoms with van der Waals surface area (Å²) in [4.78, 5) is 7.77. The number of aliphatic imine (C=N–C) groups is 1. The van der Waals surface area contributed by atoms with E-state index in [1.807, 2.05) is 42.5 Å². The van der Waals surface area contributed by atoms with Gasteiger partial charge in [-0.3, -0.25) is 0 Å². The lowest BCUT2D eigenvalue weighted by Crippen LogP contribution is -2.16. The molecule has 1 aliphatic rings. The van der Waals surface area contributed by atoms with Gasteiger partial charge >= 0.3 is 0 Å². The molecule has 6 nitrogen and oxygen atoms in total. The Morgan fingerprint density at radius 1 is 1.03 bits per heavy atom. The molecule has 33 heavy (non-hydrogen) atoms. The van der Waals surface area contributed by atoms with Gasteiger partial charge in [-0.1, -0.05) is 19.1 Å². The smallest absolute Gasteiger partial charge is 0.199 e. The first-order valence-electron chi connectivity index (χ1n) is 10.9. The Hall–Kier alpha value is -3.84. The monoisotopic (exact) mass is 445 g/mol. The van der Waals surface area contributed by atoms with Gasteiger partial charge in [0.15, 0.2) is 17.4 Å². The van der Waals surface area contributed by atoms with Crippen LogP contribution in [0.15, 0.2) is 65.7 Å². The number of halogens is 1. The van der Waals surface area contributed by atoms with E-state index in [4.69, 9.17) is 14.5 Å². The highest BCUT2D eigenvalue weighted by atomic mass is 19.1. The number of ether oxygens (including phenoxy) is 2. The number of nitrogens with one attached hydrogen (secondary N) is 2. The Balaban J connectivity index is 1.65. The van der Waals surface area contributed by atoms with E-state index in [1.54, 1.807) is 6.07 Å². The third kappa shape index (κ3) is 4.27. The maximum atomic E-state index is 13.8. The average molecular weight is 445 g/mol. The van der Waals surface area contributed by atoms with Crippen LogP contribution in [0.2, 0.25) is 0 Å². The van der Waals surface area contributed by atoms with Gasteiger partial charge in [0.2, 0.25) is 0 Å². The van der Waals surface area contributed by atoms with Gasteiger partial charge in [0.05, 0.1) is 22.5 Å². The molecular formula is C26H24FN3O3. The molecule has 0 aliphatic carbocycles. The molecular weight excluding hydrogens is 421 g/mol. The summed E-state index contributed by atoms with van der Waals surface area (Å²) in [5.74, 6) is 0.831. The molecule has 0 saturated carbocycles. The van der Waals surface area contributed by atoms with Crippen LogP contribution < -0.4 is 14.8 Å². The van der Waals surface area contributed by atoms with Crippen molar-refractivity contribution in [3.63, 3.8) is 0 Å². The molecule has 168 valence electrons. The second-order valence-corrected chi connectivity index (χ2v) is 7.80. The third-order valence-electron chi connectivity index (χ3n) is 5.55. The highest BCUT2D eigenvalue weighted by molar-refractivity contribution is 6.22. The van der Waals surface area contributed by atoms with Crippen LogP contribution in [0, 0.1) is 5.82 Å². The molecule has 7 heteroatoms. The lowest BCUT2D eigenvalue weighted by Gasteiger charge is -2.19. The first-order valence-corrected chi connectivity index (χ1v) is 10.9. The first-order chi connectivity index (χ1) is 16.1. The summed E-state index contributed by atoms with van der Waals surface area (Å²) in [6.45, 7) is 4.71. The van der Waals surface area contributed by atoms with E-state index in [1.165, 1.54) is 12.1 Å². The number of hydrogen-bond acceptors (Lipinski definition) is 5. The molecule has 0 saturated heterocycles. The van der Waals surface area contributed by atoms with Crippen molar-refractivity contribution >= 4 is 22.3 Å². The van der Waals surface area contributed by atoms with Crippen molar-refractivity contribution in [2.45, 2.75) is 13.5 Å². The van der Waals surface area contributed by atoms with Gasteiger partial charge in [0.25, 0.3) is 0 Å². The predicted molar refractivity (Wildman–Crippen MR) is 126 cm³/mol. The van der Waals surface area contributed by atoms with E-state index in [-0.39, 0.29) is 11.7 Å². The largest absolute Gasteiger partial charge is 0.494 e. The third-order valence-corrected chi connectivity index (χ3v) is 5.55. The second-order valence-electron chi connectivity index (χ2n) is 7.80. The van der Waals surface area contributed by atoms with Crippen molar-refractivity contribution in [1.29, 1.82) is 0 Å². The van der Waals surface area contributed by atoms with Crippen LogP contribution in [0.3, 0.4) is 0 Å². The highest BCUT2D eigenvalue weighted by Gasteiger charge is 2.21. The number of aromatic amines is 1. The molecule has 0 amide bonds. The molecule has 3 aromatic carbocycles. The fraction of sp³-hybridized carbons (Fsp3) is 0.192. The fourth-order valence-corrected chi connectivity index (χ4v) is 3.94. The summed E-state index contributed by atoms with van der Waals surface area (Å²) in [6.07, 6.45) is 0. The summed E-state index contributed by atoms with van der Waals surface area (Å²) < 4.78 is 25.2. The molecule has 0 unspecified atom stereocenters. The fourth-order valence-electron chi connectivity index (χ4n) is 3.94. The highest BCUT2D eigenvalue weighted by Crippen LogP contribution is 2.36. The first kappa shape index (κ1) is 21.0. The van der Waals surface area contributed by atoms with E-state index >= 15 is 0 Å². The number of benzene rings is 3. The predicted octanol–water partition coefficient (Wildman–Crippen LogP) is 5.06. The quantitative estimate of drug-likeness (QED) is 0.363. The zero-order valence-corrected chi connectivity index (χ0v) is 18.2. The van der Waals surface area contributed by atoms with Crippen LogP contribution in [-0.2, 0) is 6.54 Å². The SMILES string of the molecule is CCNCc1ccc(N=C(c2ccc3c(c2)OCCO3)c2c(O)[nH]c3cc(F)ccc23)cc1. The summed E-state index contributed by atoms with van der Waals surface area (Å²) in [6, 6.07) is 17.9. The Morgan fingerprint density at radius 2 is 1.82 bits per heavy atom. The molecule has 0 radical (unpaired) electrons. The number of fused-ring (bicyclic) bond motifs is 2. The van der Waals surface area contributed by atoms with Gasteiger partial charge in [-0.05, 0) is 60.6 Å². The van der Waals surface area contributed by atoms with E-state index in [0.717, 1.165) is 29.9 Å². The standard InChI is InChI=1S/C26H24FN3O3/c1-2-28-15-16-3-7-19(8-4-16)29-25(17-5-10-22-23(13-17)33-12-11-32-22)24-20-9-6-18(27)14-21(20)30-26(24)31/h3-10,13-14,28,30-31H,2,11-12,15H2,1H3. The maximum absolute atomic E-state index is 13.8. The summed E-state index contributed by atoms with van der Waals surface area (Å²) in [7, 11) is 0. The molecule has 3 N–H and O–H groups in total. The maximum Gasteiger partial charge on any atom is 0.199 e. The molecule has 0 fully saturated rings. The van der Waals surface area contributed by atoms with Gasteiger partial charge in [-0.2, -0.15) is 0 Å². The number of hydrogen-bond donors (Lipinski definition) is 3. The van der Waals surface area contributed by atoms with E-state index in [9.17, 15) is 9.50 Å². The van der Waals surface area contributed by atoms with Crippen LogP contribution in [0.4, 0.5) is 10.1 Å². The number of aromatic hydroxyl groups is 1. The molecule has 0 bridgehead atoms. The number of rotatable bonds is 6. The Labute approximate surface area is 190 Å². The lowest BCUT2D eigenvalue weighted by atomic mass is 10.00. The Kier molecular flexibility index (Phi) is 5.71. The molecule has 0 atom stereocenters. The minimum absolute atomic E-state index is 0.0759. The van der Waals surface area contributed by atoms with Crippen LogP contribution in [-0.4, -0.2) is 35.6 Å². The summed E-state index contributed by atoms with van der Waals surface area (Å²) in [5, 5.41) is 14.8. The van der Waals surface area contributed by atoms with Crippen molar-refractivity contribution in [3.8, 4) is 17.4 Å². The molecule has 1 aromatic heterocycles. The Morgan fingerprint density at radius 3 is 2.61 bits per heavy atom. The zero-order chi connectivity index (χ0) is 22.8. The van der Waals surface area contributed by atoms with Gasteiger partial charge in [-0.15, -0.1) is 0 Å². The molecule has 4 aromatic rings. The van der Waals surface area contributed by atoms with E-state index in [2.05, 4.69) is 17.2 Å². The molecule has 1 aliphatic heterocycles. The molecule has 0 spiro atoms. The zero-order valence-electron chi connectivity index (χ0n) is 18.2. The lowest BCUT2D eigenvalue weighted by molar-refractivity contribution is 0.171. The number of H-pyrrole nitrogens is 1. The second kappa shape index (κ2) is 8.96. The van der Waals surface area contributed by atoms with Crippen LogP contribution >= 0.6 is 0 Å². The molecule has 2 heterocycles. The van der Waals surface area contributed by atoms with Crippen molar-refractivity contribution in [2.75, 3.05) is 19.8 Å². The van der Waals surface area contributed by atoms with Crippen molar-refractivity contribution in [3.05, 3.63) is 83.2 Å². The normalized spacial score (nSPS) is 13.5. The van der Waals surface area contributed by atoms with Crippen LogP contribution in [0.5, 0.6) is 17.4 Å². The van der Waals surface area contributed by atoms with E-state index in [0.29, 0.717) is 46.9 Å². The Bertz CT molecular complexity index is 1330. The van der Waals surface area contributed by atoms with Crippen molar-refractivity contribution < 1.29 is 19.0 Å². The van der Waals surface area contributed by atoms with Gasteiger partial charge in [0, 0.05) is 17.5 Å². The summed E-state index contributed by atoms with van der Waals surface area (Å²) in [5.41, 5.74) is 4.17. The number of nitrogens with zero attached hydrogens (tertiary/aromatic N) is 1. The van der Waals surface area contributed by atoms with Gasteiger partial charge < -0.3 is 24.9 Å². The van der Waals surface area contributed by atoms with Crippen molar-refractivity contribution in [2.24, 2.45) is 4.99 Å². The minimum atomic E-state index is -0.385. The summed E-state index contributed by atoms with van der Waals surface area (Å²) >= 11 is 0. The van der Waals surface area contributed by atoms with Gasteiger partial charge in [-0.25, -0.2) is 9.38 Å². The van der Waals surface area contributed by atoms with E-state index < -0.39 is 0 Å². The topological polar surface area (TPSA) is 78.9 Å². The molecule has 5 rings (SSSR count). The van der Waals surface area contributed by atoms with Crippen LogP contribution in [0.25, 0.3) is 10.9 Å². The van der Waals surface area contributed by atoms with Crippen molar-refractivity contribution in [1.82, 2.24) is 10.3 Å². The van der Waals surface area contributed by atoms with Gasteiger partial charge in [0.1, 0.15) is 19.0 Å².